The normalized spacial score (nSPS) is 17.3. The first-order valence-electron chi connectivity index (χ1n) is 11.8. The number of aryl methyl sites for hydroxylation is 1. The molecule has 0 aliphatic heterocycles. The quantitative estimate of drug-likeness (QED) is 0.254. The van der Waals surface area contributed by atoms with Gasteiger partial charge >= 0.3 is 0 Å². The second-order valence-electron chi connectivity index (χ2n) is 9.83. The maximum Gasteiger partial charge on any atom is 0.174 e. The zero-order valence-corrected chi connectivity index (χ0v) is 22.5. The number of halogens is 3. The van der Waals surface area contributed by atoms with Crippen LogP contribution in [0.25, 0.3) is 11.3 Å². The molecule has 1 aliphatic rings. The van der Waals surface area contributed by atoms with Crippen LogP contribution in [0.4, 0.5) is 0 Å². The van der Waals surface area contributed by atoms with Crippen LogP contribution >= 0.6 is 34.8 Å². The molecular formula is C29H26Cl3NO3. The molecular weight excluding hydrogens is 517 g/mol. The van der Waals surface area contributed by atoms with Crippen LogP contribution in [0.1, 0.15) is 60.1 Å². The maximum atomic E-state index is 10.7. The third-order valence-electron chi connectivity index (χ3n) is 6.59. The fourth-order valence-electron chi connectivity index (χ4n) is 4.62. The van der Waals surface area contributed by atoms with Gasteiger partial charge in [0.05, 0.1) is 15.6 Å². The molecule has 186 valence electrons. The van der Waals surface area contributed by atoms with Crippen LogP contribution in [0.3, 0.4) is 0 Å². The van der Waals surface area contributed by atoms with E-state index in [1.54, 1.807) is 32.0 Å². The summed E-state index contributed by atoms with van der Waals surface area (Å²) in [6.45, 7) is 5.44. The summed E-state index contributed by atoms with van der Waals surface area (Å²) in [5.74, 6) is 1.79. The van der Waals surface area contributed by atoms with E-state index in [2.05, 4.69) is 36.3 Å². The van der Waals surface area contributed by atoms with E-state index in [9.17, 15) is 5.11 Å². The molecule has 7 heteroatoms. The summed E-state index contributed by atoms with van der Waals surface area (Å²) >= 11 is 19.5. The lowest BCUT2D eigenvalue weighted by atomic mass is 9.98. The fourth-order valence-corrected chi connectivity index (χ4v) is 5.51. The fraction of sp³-hybridized carbons (Fsp3) is 0.276. The molecule has 0 bridgehead atoms. The highest BCUT2D eigenvalue weighted by Gasteiger charge is 2.40. The van der Waals surface area contributed by atoms with Gasteiger partial charge in [0.2, 0.25) is 0 Å². The molecule has 0 spiro atoms. The van der Waals surface area contributed by atoms with Crippen LogP contribution in [-0.2, 0) is 12.2 Å². The first-order valence-corrected chi connectivity index (χ1v) is 12.9. The van der Waals surface area contributed by atoms with Gasteiger partial charge in [-0.05, 0) is 74.4 Å². The van der Waals surface area contributed by atoms with E-state index in [0.29, 0.717) is 49.5 Å². The average molecular weight is 543 g/mol. The zero-order valence-electron chi connectivity index (χ0n) is 20.2. The average Bonchev–Trinajstić information content (AvgIpc) is 3.48. The van der Waals surface area contributed by atoms with Crippen LogP contribution in [0.15, 0.2) is 65.2 Å². The Kier molecular flexibility index (Phi) is 6.82. The Morgan fingerprint density at radius 2 is 1.67 bits per heavy atom. The Labute approximate surface area is 225 Å². The molecule has 4 nitrogen and oxygen atoms in total. The second kappa shape index (κ2) is 9.75. The molecule has 36 heavy (non-hydrogen) atoms. The molecule has 1 N–H and O–H groups in total. The number of ether oxygens (including phenoxy) is 1. The molecule has 1 aliphatic carbocycles. The van der Waals surface area contributed by atoms with Crippen LogP contribution in [0.5, 0.6) is 5.75 Å². The van der Waals surface area contributed by atoms with Gasteiger partial charge in [0.1, 0.15) is 23.7 Å². The lowest BCUT2D eigenvalue weighted by Gasteiger charge is -2.16. The first-order chi connectivity index (χ1) is 17.1. The molecule has 1 fully saturated rings. The smallest absolute Gasteiger partial charge is 0.174 e. The van der Waals surface area contributed by atoms with Crippen molar-refractivity contribution in [1.82, 2.24) is 5.16 Å². The van der Waals surface area contributed by atoms with Gasteiger partial charge < -0.3 is 14.4 Å². The van der Waals surface area contributed by atoms with Gasteiger partial charge in [-0.15, -0.1) is 0 Å². The second-order valence-corrected chi connectivity index (χ2v) is 11.0. The van der Waals surface area contributed by atoms with Crippen molar-refractivity contribution in [1.29, 1.82) is 0 Å². The van der Waals surface area contributed by atoms with E-state index in [-0.39, 0.29) is 12.4 Å². The van der Waals surface area contributed by atoms with E-state index in [1.807, 2.05) is 18.2 Å². The van der Waals surface area contributed by atoms with E-state index < -0.39 is 5.60 Å². The maximum absolute atomic E-state index is 10.7. The number of aliphatic hydroxyl groups is 1. The van der Waals surface area contributed by atoms with Gasteiger partial charge in [-0.1, -0.05) is 81.9 Å². The van der Waals surface area contributed by atoms with Gasteiger partial charge in [0, 0.05) is 10.6 Å². The van der Waals surface area contributed by atoms with Crippen LogP contribution in [-0.4, -0.2) is 10.3 Å². The van der Waals surface area contributed by atoms with Gasteiger partial charge in [0.25, 0.3) is 0 Å². The van der Waals surface area contributed by atoms with Crippen molar-refractivity contribution in [2.75, 3.05) is 0 Å². The molecule has 1 heterocycles. The van der Waals surface area contributed by atoms with Crippen molar-refractivity contribution in [3.05, 3.63) is 104 Å². The summed E-state index contributed by atoms with van der Waals surface area (Å²) in [4.78, 5) is 0. The van der Waals surface area contributed by atoms with E-state index >= 15 is 0 Å². The Morgan fingerprint density at radius 3 is 2.31 bits per heavy atom. The highest BCUT2D eigenvalue weighted by atomic mass is 35.5. The molecule has 3 aromatic carbocycles. The third-order valence-corrected chi connectivity index (χ3v) is 7.55. The van der Waals surface area contributed by atoms with Crippen molar-refractivity contribution >= 4 is 34.8 Å². The third kappa shape index (κ3) is 5.01. The monoisotopic (exact) mass is 541 g/mol. The number of aromatic nitrogens is 1. The number of rotatable bonds is 7. The molecule has 5 rings (SSSR count). The summed E-state index contributed by atoms with van der Waals surface area (Å²) in [6, 6.07) is 19.7. The molecule has 1 saturated carbocycles. The SMILES string of the molecule is Cc1ccc(C2CC2c2ccc(OCc3c(-c4c(Cl)cccc4Cl)noc3C(C)(C)O)cc2Cl)cc1. The number of benzene rings is 3. The largest absolute Gasteiger partial charge is 0.489 e. The zero-order chi connectivity index (χ0) is 25.6. The minimum atomic E-state index is -1.28. The molecule has 0 saturated heterocycles. The Bertz CT molecular complexity index is 1390. The van der Waals surface area contributed by atoms with Crippen LogP contribution in [0.2, 0.25) is 15.1 Å². The summed E-state index contributed by atoms with van der Waals surface area (Å²) in [6.07, 6.45) is 1.08. The summed E-state index contributed by atoms with van der Waals surface area (Å²) in [5, 5.41) is 16.4. The van der Waals surface area contributed by atoms with Crippen molar-refractivity contribution in [3.63, 3.8) is 0 Å². The Balaban J connectivity index is 1.38. The lowest BCUT2D eigenvalue weighted by molar-refractivity contribution is 0.0452. The van der Waals surface area contributed by atoms with Crippen LogP contribution < -0.4 is 4.74 Å². The van der Waals surface area contributed by atoms with Gasteiger partial charge in [0.15, 0.2) is 5.76 Å². The first kappa shape index (κ1) is 25.2. The summed E-state index contributed by atoms with van der Waals surface area (Å²) < 4.78 is 11.6. The van der Waals surface area contributed by atoms with Crippen molar-refractivity contribution < 1.29 is 14.4 Å². The van der Waals surface area contributed by atoms with Gasteiger partial charge in [-0.3, -0.25) is 0 Å². The highest BCUT2D eigenvalue weighted by molar-refractivity contribution is 6.39. The minimum Gasteiger partial charge on any atom is -0.489 e. The van der Waals surface area contributed by atoms with Gasteiger partial charge in [-0.2, -0.15) is 0 Å². The van der Waals surface area contributed by atoms with Crippen LogP contribution in [0, 0.1) is 6.92 Å². The minimum absolute atomic E-state index is 0.0881. The Hall–Kier alpha value is -2.50. The van der Waals surface area contributed by atoms with E-state index in [0.717, 1.165) is 12.0 Å². The number of nitrogens with zero attached hydrogens (tertiary/aromatic N) is 1. The number of hydrogen-bond acceptors (Lipinski definition) is 4. The van der Waals surface area contributed by atoms with Crippen molar-refractivity contribution in [2.24, 2.45) is 0 Å². The Morgan fingerprint density at radius 1 is 0.972 bits per heavy atom. The van der Waals surface area contributed by atoms with E-state index in [1.165, 1.54) is 11.1 Å². The molecule has 0 radical (unpaired) electrons. The molecule has 0 amide bonds. The van der Waals surface area contributed by atoms with Crippen molar-refractivity contribution in [2.45, 2.75) is 51.2 Å². The summed E-state index contributed by atoms with van der Waals surface area (Å²) in [5.41, 5.74) is 3.98. The summed E-state index contributed by atoms with van der Waals surface area (Å²) in [7, 11) is 0. The number of hydrogen-bond donors (Lipinski definition) is 1. The van der Waals surface area contributed by atoms with E-state index in [4.69, 9.17) is 44.1 Å². The topological polar surface area (TPSA) is 55.5 Å². The van der Waals surface area contributed by atoms with Crippen molar-refractivity contribution in [3.8, 4) is 17.0 Å². The highest BCUT2D eigenvalue weighted by Crippen LogP contribution is 2.56. The lowest BCUT2D eigenvalue weighted by Crippen LogP contribution is -2.17. The molecule has 4 aromatic rings. The molecule has 2 atom stereocenters. The molecule has 2 unspecified atom stereocenters. The molecule has 1 aromatic heterocycles. The van der Waals surface area contributed by atoms with Gasteiger partial charge in [-0.25, -0.2) is 0 Å². The predicted octanol–water partition coefficient (Wildman–Crippen LogP) is 8.69. The standard InChI is InChI=1S/C29H26Cl3NO3/c1-16-7-9-17(10-8-16)20-14-21(20)19-12-11-18(13-25(19)32)35-15-22-27(33-36-28(22)29(2,3)34)26-23(30)5-4-6-24(26)31/h4-13,20-21,34H,14-15H2,1-3H3. The predicted molar refractivity (Wildman–Crippen MR) is 144 cm³/mol.